The summed E-state index contributed by atoms with van der Waals surface area (Å²) in [7, 11) is 0. The van der Waals surface area contributed by atoms with Gasteiger partial charge in [0.2, 0.25) is 0 Å². The zero-order valence-electron chi connectivity index (χ0n) is 11.5. The van der Waals surface area contributed by atoms with Crippen LogP contribution in [0.3, 0.4) is 0 Å². The maximum absolute atomic E-state index is 12.1. The van der Waals surface area contributed by atoms with Crippen molar-refractivity contribution in [3.63, 3.8) is 0 Å². The molecule has 0 aliphatic carbocycles. The van der Waals surface area contributed by atoms with Crippen LogP contribution < -0.4 is 5.32 Å². The second kappa shape index (κ2) is 5.46. The third-order valence-corrected chi connectivity index (χ3v) is 4.19. The van der Waals surface area contributed by atoms with Crippen LogP contribution in [0.1, 0.15) is 36.0 Å². The van der Waals surface area contributed by atoms with Gasteiger partial charge in [0.1, 0.15) is 0 Å². The van der Waals surface area contributed by atoms with Crippen molar-refractivity contribution < 1.29 is 14.7 Å². The van der Waals surface area contributed by atoms with E-state index >= 15 is 0 Å². The first-order valence-electron chi connectivity index (χ1n) is 6.11. The molecule has 0 saturated heterocycles. The molecule has 2 aromatic rings. The predicted octanol–water partition coefficient (Wildman–Crippen LogP) is 3.62. The topological polar surface area (TPSA) is 66.4 Å². The van der Waals surface area contributed by atoms with Crippen molar-refractivity contribution in [3.8, 4) is 0 Å². The first-order chi connectivity index (χ1) is 9.38. The van der Waals surface area contributed by atoms with Crippen molar-refractivity contribution in [1.82, 2.24) is 0 Å². The average Bonchev–Trinajstić information content (AvgIpc) is 2.71. The number of aromatic carboxylic acids is 1. The molecule has 5 heteroatoms. The Morgan fingerprint density at radius 3 is 2.40 bits per heavy atom. The number of thiophene rings is 1. The monoisotopic (exact) mass is 289 g/mol. The molecule has 104 valence electrons. The Bertz CT molecular complexity index is 669. The third-order valence-electron chi connectivity index (χ3n) is 3.04. The fourth-order valence-electron chi connectivity index (χ4n) is 1.81. The minimum absolute atomic E-state index is 0.100. The number of nitrogens with one attached hydrogen (secondary N) is 1. The first-order valence-corrected chi connectivity index (χ1v) is 6.92. The minimum Gasteiger partial charge on any atom is -0.478 e. The molecule has 1 amide bonds. The summed E-state index contributed by atoms with van der Waals surface area (Å²) in [6.45, 7) is 5.70. The molecule has 4 nitrogen and oxygen atoms in total. The highest BCUT2D eigenvalue weighted by molar-refractivity contribution is 7.14. The highest BCUT2D eigenvalue weighted by atomic mass is 32.1. The van der Waals surface area contributed by atoms with Crippen LogP contribution in [-0.4, -0.2) is 17.0 Å². The van der Waals surface area contributed by atoms with Gasteiger partial charge in [-0.1, -0.05) is 11.6 Å². The van der Waals surface area contributed by atoms with Gasteiger partial charge < -0.3 is 10.4 Å². The van der Waals surface area contributed by atoms with Crippen LogP contribution >= 0.6 is 11.3 Å². The van der Waals surface area contributed by atoms with E-state index in [-0.39, 0.29) is 11.5 Å². The Morgan fingerprint density at radius 1 is 1.15 bits per heavy atom. The van der Waals surface area contributed by atoms with E-state index in [1.807, 2.05) is 26.8 Å². The number of carbonyl (C=O) groups excluding carboxylic acids is 1. The maximum Gasteiger partial charge on any atom is 0.337 e. The molecule has 0 aliphatic rings. The van der Waals surface area contributed by atoms with Gasteiger partial charge in [0.05, 0.1) is 16.1 Å². The van der Waals surface area contributed by atoms with E-state index in [2.05, 4.69) is 5.32 Å². The fraction of sp³-hybridized carbons (Fsp3) is 0.200. The van der Waals surface area contributed by atoms with Gasteiger partial charge in [-0.25, -0.2) is 4.79 Å². The molecule has 0 fully saturated rings. The standard InChI is InChI=1S/C15H15NO3S/c1-8-4-5-12(11(6-8)15(18)19)16-14(17)13-7-9(2)10(3)20-13/h4-7H,1-3H3,(H,16,17)(H,18,19). The van der Waals surface area contributed by atoms with Crippen LogP contribution in [0.15, 0.2) is 24.3 Å². The molecule has 2 rings (SSSR count). The van der Waals surface area contributed by atoms with Crippen LogP contribution in [0.4, 0.5) is 5.69 Å². The van der Waals surface area contributed by atoms with Gasteiger partial charge in [-0.15, -0.1) is 11.3 Å². The molecule has 1 aromatic carbocycles. The highest BCUT2D eigenvalue weighted by Crippen LogP contribution is 2.23. The highest BCUT2D eigenvalue weighted by Gasteiger charge is 2.15. The molecular weight excluding hydrogens is 274 g/mol. The SMILES string of the molecule is Cc1ccc(NC(=O)c2cc(C)c(C)s2)c(C(=O)O)c1. The number of anilines is 1. The molecule has 0 atom stereocenters. The summed E-state index contributed by atoms with van der Waals surface area (Å²) in [5.41, 5.74) is 2.31. The van der Waals surface area contributed by atoms with E-state index in [0.717, 1.165) is 16.0 Å². The second-order valence-corrected chi connectivity index (χ2v) is 5.91. The van der Waals surface area contributed by atoms with Gasteiger partial charge in [0, 0.05) is 4.88 Å². The van der Waals surface area contributed by atoms with Crippen molar-refractivity contribution in [2.45, 2.75) is 20.8 Å². The molecule has 20 heavy (non-hydrogen) atoms. The molecule has 0 saturated carbocycles. The van der Waals surface area contributed by atoms with Gasteiger partial charge in [0.25, 0.3) is 5.91 Å². The van der Waals surface area contributed by atoms with Crippen LogP contribution in [-0.2, 0) is 0 Å². The molecule has 1 heterocycles. The van der Waals surface area contributed by atoms with Crippen molar-refractivity contribution in [3.05, 3.63) is 50.7 Å². The molecule has 0 spiro atoms. The minimum atomic E-state index is -1.05. The molecule has 0 unspecified atom stereocenters. The maximum atomic E-state index is 12.1. The zero-order chi connectivity index (χ0) is 14.9. The number of carboxylic acid groups (broad SMARTS) is 1. The Balaban J connectivity index is 2.30. The van der Waals surface area contributed by atoms with Crippen LogP contribution in [0.2, 0.25) is 0 Å². The number of amides is 1. The Kier molecular flexibility index (Phi) is 3.90. The van der Waals surface area contributed by atoms with Gasteiger partial charge in [-0.3, -0.25) is 4.79 Å². The average molecular weight is 289 g/mol. The lowest BCUT2D eigenvalue weighted by molar-refractivity contribution is 0.0698. The van der Waals surface area contributed by atoms with Crippen LogP contribution in [0, 0.1) is 20.8 Å². The molecular formula is C15H15NO3S. The van der Waals surface area contributed by atoms with E-state index in [1.165, 1.54) is 11.3 Å². The van der Waals surface area contributed by atoms with Crippen molar-refractivity contribution in [2.75, 3.05) is 5.32 Å². The van der Waals surface area contributed by atoms with Crippen molar-refractivity contribution in [1.29, 1.82) is 0 Å². The van der Waals surface area contributed by atoms with E-state index in [0.29, 0.717) is 10.6 Å². The van der Waals surface area contributed by atoms with Crippen LogP contribution in [0.5, 0.6) is 0 Å². The Hall–Kier alpha value is -2.14. The second-order valence-electron chi connectivity index (χ2n) is 4.66. The Morgan fingerprint density at radius 2 is 1.85 bits per heavy atom. The van der Waals surface area contributed by atoms with Crippen molar-refractivity contribution in [2.24, 2.45) is 0 Å². The summed E-state index contributed by atoms with van der Waals surface area (Å²) in [6.07, 6.45) is 0. The number of carbonyl (C=O) groups is 2. The van der Waals surface area contributed by atoms with Gasteiger partial charge in [0.15, 0.2) is 0 Å². The van der Waals surface area contributed by atoms with E-state index < -0.39 is 5.97 Å². The van der Waals surface area contributed by atoms with E-state index in [9.17, 15) is 14.7 Å². The number of rotatable bonds is 3. The number of carboxylic acids is 1. The lowest BCUT2D eigenvalue weighted by Crippen LogP contribution is -2.13. The molecule has 1 aromatic heterocycles. The summed E-state index contributed by atoms with van der Waals surface area (Å²) in [5, 5.41) is 11.8. The van der Waals surface area contributed by atoms with Gasteiger partial charge in [-0.2, -0.15) is 0 Å². The van der Waals surface area contributed by atoms with E-state index in [1.54, 1.807) is 18.2 Å². The molecule has 0 bridgehead atoms. The van der Waals surface area contributed by atoms with Crippen molar-refractivity contribution >= 4 is 28.9 Å². The number of aryl methyl sites for hydroxylation is 3. The summed E-state index contributed by atoms with van der Waals surface area (Å²) in [6, 6.07) is 6.74. The smallest absolute Gasteiger partial charge is 0.337 e. The summed E-state index contributed by atoms with van der Waals surface area (Å²) in [5.74, 6) is -1.33. The fourth-order valence-corrected chi connectivity index (χ4v) is 2.74. The molecule has 0 aliphatic heterocycles. The zero-order valence-corrected chi connectivity index (χ0v) is 12.3. The third kappa shape index (κ3) is 2.88. The van der Waals surface area contributed by atoms with Gasteiger partial charge >= 0.3 is 5.97 Å². The summed E-state index contributed by atoms with van der Waals surface area (Å²) in [4.78, 5) is 25.0. The molecule has 0 radical (unpaired) electrons. The lowest BCUT2D eigenvalue weighted by atomic mass is 10.1. The largest absolute Gasteiger partial charge is 0.478 e. The number of hydrogen-bond acceptors (Lipinski definition) is 3. The van der Waals surface area contributed by atoms with Gasteiger partial charge in [-0.05, 0) is 44.5 Å². The first kappa shape index (κ1) is 14.3. The summed E-state index contributed by atoms with van der Waals surface area (Å²) >= 11 is 1.40. The summed E-state index contributed by atoms with van der Waals surface area (Å²) < 4.78 is 0. The van der Waals surface area contributed by atoms with Crippen LogP contribution in [0.25, 0.3) is 0 Å². The number of hydrogen-bond donors (Lipinski definition) is 2. The normalized spacial score (nSPS) is 10.3. The molecule has 2 N–H and O–H groups in total. The predicted molar refractivity (Wildman–Crippen MR) is 79.9 cm³/mol. The quantitative estimate of drug-likeness (QED) is 0.906. The Labute approximate surface area is 121 Å². The van der Waals surface area contributed by atoms with E-state index in [4.69, 9.17) is 0 Å². The number of benzene rings is 1. The lowest BCUT2D eigenvalue weighted by Gasteiger charge is -2.08.